The van der Waals surface area contributed by atoms with Gasteiger partial charge in [-0.05, 0) is 49.6 Å². The number of hydrogen-bond donors (Lipinski definition) is 1. The fourth-order valence-electron chi connectivity index (χ4n) is 3.35. The molecule has 1 aliphatic rings. The number of nitrogens with zero attached hydrogens (tertiary/aromatic N) is 2. The van der Waals surface area contributed by atoms with Crippen molar-refractivity contribution in [2.24, 2.45) is 0 Å². The molecule has 5 heteroatoms. The van der Waals surface area contributed by atoms with Crippen LogP contribution in [0.15, 0.2) is 47.5 Å². The highest BCUT2D eigenvalue weighted by atomic mass is 16.4. The smallest absolute Gasteiger partial charge is 0.336 e. The van der Waals surface area contributed by atoms with Gasteiger partial charge in [0.1, 0.15) is 0 Å². The third-order valence-electron chi connectivity index (χ3n) is 4.62. The van der Waals surface area contributed by atoms with Crippen molar-refractivity contribution in [2.75, 3.05) is 0 Å². The van der Waals surface area contributed by atoms with Crippen LogP contribution in [-0.4, -0.2) is 20.6 Å². The molecule has 0 saturated heterocycles. The van der Waals surface area contributed by atoms with Crippen LogP contribution >= 0.6 is 0 Å². The molecule has 3 aromatic rings. The summed E-state index contributed by atoms with van der Waals surface area (Å²) >= 11 is 0. The number of carboxylic acid groups (broad SMARTS) is 1. The van der Waals surface area contributed by atoms with Gasteiger partial charge in [0, 0.05) is 6.04 Å². The van der Waals surface area contributed by atoms with Crippen LogP contribution in [0.1, 0.15) is 54.1 Å². The molecule has 0 radical (unpaired) electrons. The molecule has 2 heterocycles. The summed E-state index contributed by atoms with van der Waals surface area (Å²) in [6, 6.07) is 7.78. The van der Waals surface area contributed by atoms with Crippen LogP contribution in [0.2, 0.25) is 0 Å². The molecular formula is C19H22N2O3. The Balaban J connectivity index is 0.000000290. The number of rotatable bonds is 2. The van der Waals surface area contributed by atoms with Crippen molar-refractivity contribution in [3.05, 3.63) is 54.2 Å². The van der Waals surface area contributed by atoms with E-state index in [9.17, 15) is 4.79 Å². The van der Waals surface area contributed by atoms with Crippen LogP contribution in [0.25, 0.3) is 11.0 Å². The van der Waals surface area contributed by atoms with Crippen molar-refractivity contribution in [3.8, 4) is 0 Å². The average molecular weight is 326 g/mol. The fourth-order valence-corrected chi connectivity index (χ4v) is 3.35. The first-order valence-corrected chi connectivity index (χ1v) is 8.35. The fraction of sp³-hybridized carbons (Fsp3) is 0.368. The lowest BCUT2D eigenvalue weighted by molar-refractivity contribution is 0.0696. The minimum atomic E-state index is -0.883. The van der Waals surface area contributed by atoms with E-state index in [0.29, 0.717) is 11.6 Å². The first kappa shape index (κ1) is 16.3. The first-order chi connectivity index (χ1) is 11.7. The normalized spacial score (nSPS) is 15.0. The van der Waals surface area contributed by atoms with E-state index in [1.807, 2.05) is 31.5 Å². The van der Waals surface area contributed by atoms with Crippen LogP contribution in [0.3, 0.4) is 0 Å². The van der Waals surface area contributed by atoms with Crippen LogP contribution in [0.5, 0.6) is 0 Å². The molecule has 1 N–H and O–H groups in total. The Morgan fingerprint density at radius 1 is 1.21 bits per heavy atom. The zero-order valence-electron chi connectivity index (χ0n) is 13.8. The highest BCUT2D eigenvalue weighted by Gasteiger charge is 2.19. The zero-order chi connectivity index (χ0) is 16.9. The van der Waals surface area contributed by atoms with Gasteiger partial charge in [0.2, 0.25) is 0 Å². The van der Waals surface area contributed by atoms with E-state index >= 15 is 0 Å². The number of benzene rings is 1. The van der Waals surface area contributed by atoms with Crippen molar-refractivity contribution in [1.29, 1.82) is 0 Å². The lowest BCUT2D eigenvalue weighted by Gasteiger charge is -2.23. The summed E-state index contributed by atoms with van der Waals surface area (Å²) in [6.07, 6.45) is 11.4. The number of carbonyl (C=O) groups is 1. The van der Waals surface area contributed by atoms with Crippen molar-refractivity contribution >= 4 is 17.0 Å². The van der Waals surface area contributed by atoms with Crippen LogP contribution in [0, 0.1) is 6.92 Å². The Morgan fingerprint density at radius 2 is 1.92 bits per heavy atom. The van der Waals surface area contributed by atoms with E-state index in [2.05, 4.69) is 14.0 Å². The van der Waals surface area contributed by atoms with E-state index in [-0.39, 0.29) is 0 Å². The SMILES string of the molecule is Cc1c(C(=O)O)ccc2c1ncn2C1CCCCC1.c1ccoc1. The third-order valence-corrected chi connectivity index (χ3v) is 4.62. The monoisotopic (exact) mass is 326 g/mol. The Hall–Kier alpha value is -2.56. The Morgan fingerprint density at radius 3 is 2.50 bits per heavy atom. The summed E-state index contributed by atoms with van der Waals surface area (Å²) in [7, 11) is 0. The quantitative estimate of drug-likeness (QED) is 0.732. The van der Waals surface area contributed by atoms with Gasteiger partial charge >= 0.3 is 5.97 Å². The lowest BCUT2D eigenvalue weighted by Crippen LogP contribution is -2.11. The standard InChI is InChI=1S/C15H18N2O2.C4H4O/c1-10-12(15(18)19)7-8-13-14(10)16-9-17(13)11-5-3-2-4-6-11;1-2-4-5-3-1/h7-9,11H,2-6H2,1H3,(H,18,19);1-4H. The number of furan rings is 1. The first-order valence-electron chi connectivity index (χ1n) is 8.35. The van der Waals surface area contributed by atoms with E-state index < -0.39 is 5.97 Å². The number of hydrogen-bond acceptors (Lipinski definition) is 3. The van der Waals surface area contributed by atoms with Crippen molar-refractivity contribution < 1.29 is 14.3 Å². The van der Waals surface area contributed by atoms with Gasteiger partial charge in [-0.25, -0.2) is 9.78 Å². The molecule has 0 spiro atoms. The summed E-state index contributed by atoms with van der Waals surface area (Å²) in [4.78, 5) is 15.6. The van der Waals surface area contributed by atoms with Gasteiger partial charge in [0.05, 0.1) is 35.5 Å². The largest absolute Gasteiger partial charge is 0.478 e. The van der Waals surface area contributed by atoms with Gasteiger partial charge in [0.15, 0.2) is 0 Å². The number of carboxylic acids is 1. The molecule has 0 bridgehead atoms. The van der Waals surface area contributed by atoms with Crippen LogP contribution in [-0.2, 0) is 0 Å². The second-order valence-corrected chi connectivity index (χ2v) is 6.15. The highest BCUT2D eigenvalue weighted by molar-refractivity contribution is 5.95. The van der Waals surface area contributed by atoms with E-state index in [4.69, 9.17) is 5.11 Å². The Bertz CT molecular complexity index is 782. The van der Waals surface area contributed by atoms with Gasteiger partial charge in [-0.15, -0.1) is 0 Å². The van der Waals surface area contributed by atoms with E-state index in [1.165, 1.54) is 32.1 Å². The summed E-state index contributed by atoms with van der Waals surface area (Å²) in [6.45, 7) is 1.84. The summed E-state index contributed by atoms with van der Waals surface area (Å²) in [5.74, 6) is -0.883. The molecule has 126 valence electrons. The second kappa shape index (κ2) is 7.34. The van der Waals surface area contributed by atoms with Crippen molar-refractivity contribution in [2.45, 2.75) is 45.1 Å². The topological polar surface area (TPSA) is 68.3 Å². The van der Waals surface area contributed by atoms with Crippen molar-refractivity contribution in [1.82, 2.24) is 9.55 Å². The molecule has 4 rings (SSSR count). The molecule has 0 atom stereocenters. The molecule has 1 aromatic carbocycles. The minimum Gasteiger partial charge on any atom is -0.478 e. The molecule has 2 aromatic heterocycles. The molecule has 5 nitrogen and oxygen atoms in total. The Labute approximate surface area is 140 Å². The molecule has 1 saturated carbocycles. The Kier molecular flexibility index (Phi) is 4.99. The maximum atomic E-state index is 11.1. The summed E-state index contributed by atoms with van der Waals surface area (Å²) in [5, 5.41) is 9.15. The lowest BCUT2D eigenvalue weighted by atomic mass is 9.95. The summed E-state index contributed by atoms with van der Waals surface area (Å²) in [5.41, 5.74) is 3.00. The minimum absolute atomic E-state index is 0.349. The third kappa shape index (κ3) is 3.35. The molecule has 0 unspecified atom stereocenters. The number of aryl methyl sites for hydroxylation is 1. The van der Waals surface area contributed by atoms with Gasteiger partial charge in [-0.1, -0.05) is 19.3 Å². The molecule has 0 aliphatic heterocycles. The highest BCUT2D eigenvalue weighted by Crippen LogP contribution is 2.31. The number of aromatic nitrogens is 2. The van der Waals surface area contributed by atoms with Crippen LogP contribution in [0.4, 0.5) is 0 Å². The van der Waals surface area contributed by atoms with Gasteiger partial charge in [-0.3, -0.25) is 0 Å². The molecule has 0 amide bonds. The van der Waals surface area contributed by atoms with E-state index in [1.54, 1.807) is 18.6 Å². The van der Waals surface area contributed by atoms with Crippen LogP contribution < -0.4 is 0 Å². The predicted octanol–water partition coefficient (Wildman–Crippen LogP) is 4.83. The molecule has 1 fully saturated rings. The number of aromatic carboxylic acids is 1. The van der Waals surface area contributed by atoms with Crippen molar-refractivity contribution in [3.63, 3.8) is 0 Å². The number of imidazole rings is 1. The van der Waals surface area contributed by atoms with Gasteiger partial charge < -0.3 is 14.1 Å². The number of fused-ring (bicyclic) bond motifs is 1. The maximum Gasteiger partial charge on any atom is 0.336 e. The molecule has 24 heavy (non-hydrogen) atoms. The van der Waals surface area contributed by atoms with E-state index in [0.717, 1.165) is 16.6 Å². The van der Waals surface area contributed by atoms with Gasteiger partial charge in [0.25, 0.3) is 0 Å². The predicted molar refractivity (Wildman–Crippen MR) is 92.3 cm³/mol. The molecule has 1 aliphatic carbocycles. The summed E-state index contributed by atoms with van der Waals surface area (Å²) < 4.78 is 6.81. The van der Waals surface area contributed by atoms with Gasteiger partial charge in [-0.2, -0.15) is 0 Å². The molecular weight excluding hydrogens is 304 g/mol. The average Bonchev–Trinajstić information content (AvgIpc) is 3.29. The second-order valence-electron chi connectivity index (χ2n) is 6.15. The zero-order valence-corrected chi connectivity index (χ0v) is 13.8. The maximum absolute atomic E-state index is 11.1.